The van der Waals surface area contributed by atoms with Crippen molar-refractivity contribution in [2.24, 2.45) is 0 Å². The third-order valence-corrected chi connectivity index (χ3v) is 6.24. The fourth-order valence-electron chi connectivity index (χ4n) is 3.33. The predicted molar refractivity (Wildman–Crippen MR) is 137 cm³/mol. The molecule has 3 N–H and O–H groups in total. The molecule has 3 amide bonds. The molecule has 0 aliphatic rings. The van der Waals surface area contributed by atoms with Crippen molar-refractivity contribution in [3.8, 4) is 10.6 Å². The quantitative estimate of drug-likeness (QED) is 0.256. The van der Waals surface area contributed by atoms with Gasteiger partial charge >= 0.3 is 12.2 Å². The van der Waals surface area contributed by atoms with E-state index in [9.17, 15) is 22.8 Å². The Labute approximate surface area is 218 Å². The van der Waals surface area contributed by atoms with E-state index in [-0.39, 0.29) is 17.2 Å². The van der Waals surface area contributed by atoms with Gasteiger partial charge in [0.05, 0.1) is 5.56 Å². The smallest absolute Gasteiger partial charge is 0.326 e. The molecule has 7 nitrogen and oxygen atoms in total. The number of hydrogen-bond donors (Lipinski definition) is 3. The number of halogens is 4. The molecule has 37 heavy (non-hydrogen) atoms. The Kier molecular flexibility index (Phi) is 8.04. The summed E-state index contributed by atoms with van der Waals surface area (Å²) in [5, 5.41) is 17.0. The van der Waals surface area contributed by atoms with Crippen LogP contribution < -0.4 is 16.0 Å². The molecule has 0 radical (unpaired) electrons. The van der Waals surface area contributed by atoms with Crippen LogP contribution >= 0.6 is 22.9 Å². The van der Waals surface area contributed by atoms with Crippen LogP contribution in [0.1, 0.15) is 11.1 Å². The average Bonchev–Trinajstić information content (AvgIpc) is 3.32. The molecule has 3 aromatic carbocycles. The molecule has 1 atom stereocenters. The molecule has 1 aromatic heterocycles. The molecule has 190 valence electrons. The lowest BCUT2D eigenvalue weighted by molar-refractivity contribution is -0.137. The first-order valence-electron chi connectivity index (χ1n) is 10.9. The number of carbonyl (C=O) groups is 2. The number of nitrogens with one attached hydrogen (secondary N) is 3. The van der Waals surface area contributed by atoms with Crippen molar-refractivity contribution in [1.82, 2.24) is 15.5 Å². The molecule has 0 fully saturated rings. The monoisotopic (exact) mass is 545 g/mol. The van der Waals surface area contributed by atoms with Crippen molar-refractivity contribution in [2.75, 3.05) is 10.6 Å². The normalized spacial score (nSPS) is 12.0. The number of carbonyl (C=O) groups excluding carboxylic acids is 2. The minimum absolute atomic E-state index is 0.0667. The maximum atomic E-state index is 13.1. The van der Waals surface area contributed by atoms with Gasteiger partial charge in [0.15, 0.2) is 0 Å². The Hall–Kier alpha value is -3.96. The second kappa shape index (κ2) is 11.4. The first-order chi connectivity index (χ1) is 17.7. The minimum atomic E-state index is -4.56. The van der Waals surface area contributed by atoms with Crippen molar-refractivity contribution in [3.05, 3.63) is 95.0 Å². The number of alkyl halides is 3. The summed E-state index contributed by atoms with van der Waals surface area (Å²) in [5.41, 5.74) is 0.558. The largest absolute Gasteiger partial charge is 0.416 e. The van der Waals surface area contributed by atoms with E-state index in [1.165, 1.54) is 12.1 Å². The fraction of sp³-hybridized carbons (Fsp3) is 0.120. The molecule has 0 bridgehead atoms. The van der Waals surface area contributed by atoms with Crippen LogP contribution in [0.15, 0.2) is 78.9 Å². The van der Waals surface area contributed by atoms with Crippen molar-refractivity contribution < 1.29 is 22.8 Å². The second-order valence-electron chi connectivity index (χ2n) is 7.83. The lowest BCUT2D eigenvalue weighted by Gasteiger charge is -2.18. The van der Waals surface area contributed by atoms with Crippen LogP contribution in [0.3, 0.4) is 0 Å². The number of rotatable bonds is 7. The molecule has 0 aliphatic carbocycles. The van der Waals surface area contributed by atoms with Crippen molar-refractivity contribution in [1.29, 1.82) is 0 Å². The topological polar surface area (TPSA) is 96.0 Å². The molecule has 0 spiro atoms. The summed E-state index contributed by atoms with van der Waals surface area (Å²) in [6.45, 7) is 0. The van der Waals surface area contributed by atoms with Crippen LogP contribution in [-0.2, 0) is 17.4 Å². The van der Waals surface area contributed by atoms with E-state index in [1.807, 2.05) is 6.07 Å². The Morgan fingerprint density at radius 1 is 0.919 bits per heavy atom. The molecule has 0 aliphatic heterocycles. The standard InChI is InChI=1S/C25H19ClF3N5O2S/c26-18-11-9-16(10-12-18)22-33-34-24(37-22)32-21(35)20(13-15-5-2-1-3-6-15)31-23(36)30-19-8-4-7-17(14-19)25(27,28)29/h1-12,14,20H,13H2,(H2,30,31,36)(H,32,34,35). The Morgan fingerprint density at radius 3 is 2.35 bits per heavy atom. The Bertz CT molecular complexity index is 1380. The summed E-state index contributed by atoms with van der Waals surface area (Å²) in [6.07, 6.45) is -4.43. The highest BCUT2D eigenvalue weighted by Crippen LogP contribution is 2.31. The highest BCUT2D eigenvalue weighted by molar-refractivity contribution is 7.18. The second-order valence-corrected chi connectivity index (χ2v) is 9.24. The molecular formula is C25H19ClF3N5O2S. The number of benzene rings is 3. The van der Waals surface area contributed by atoms with Crippen LogP contribution in [0.25, 0.3) is 10.6 Å². The fourth-order valence-corrected chi connectivity index (χ4v) is 4.21. The van der Waals surface area contributed by atoms with Crippen LogP contribution in [-0.4, -0.2) is 28.2 Å². The zero-order valence-corrected chi connectivity index (χ0v) is 20.5. The van der Waals surface area contributed by atoms with E-state index in [0.29, 0.717) is 10.0 Å². The van der Waals surface area contributed by atoms with Gasteiger partial charge in [0.25, 0.3) is 0 Å². The van der Waals surface area contributed by atoms with Crippen LogP contribution in [0.5, 0.6) is 0 Å². The summed E-state index contributed by atoms with van der Waals surface area (Å²) in [7, 11) is 0. The number of nitrogens with zero attached hydrogens (tertiary/aromatic N) is 2. The number of anilines is 2. The number of hydrogen-bond acceptors (Lipinski definition) is 5. The van der Waals surface area contributed by atoms with E-state index < -0.39 is 29.7 Å². The van der Waals surface area contributed by atoms with Gasteiger partial charge in [-0.25, -0.2) is 4.79 Å². The van der Waals surface area contributed by atoms with Gasteiger partial charge in [0.2, 0.25) is 11.0 Å². The van der Waals surface area contributed by atoms with Gasteiger partial charge in [0, 0.05) is 22.7 Å². The molecule has 0 saturated heterocycles. The molecule has 1 unspecified atom stereocenters. The SMILES string of the molecule is O=C(Nc1cccc(C(F)(F)F)c1)NC(Cc1ccccc1)C(=O)Nc1nnc(-c2ccc(Cl)cc2)s1. The zero-order chi connectivity index (χ0) is 26.4. The van der Waals surface area contributed by atoms with Crippen LogP contribution in [0, 0.1) is 0 Å². The van der Waals surface area contributed by atoms with Gasteiger partial charge in [-0.2, -0.15) is 13.2 Å². The number of aromatic nitrogens is 2. The van der Waals surface area contributed by atoms with Crippen LogP contribution in [0.2, 0.25) is 5.02 Å². The van der Waals surface area contributed by atoms with Crippen molar-refractivity contribution >= 4 is 45.7 Å². The van der Waals surface area contributed by atoms with Gasteiger partial charge < -0.3 is 10.6 Å². The zero-order valence-electron chi connectivity index (χ0n) is 18.9. The third-order valence-electron chi connectivity index (χ3n) is 5.10. The Morgan fingerprint density at radius 2 is 1.65 bits per heavy atom. The summed E-state index contributed by atoms with van der Waals surface area (Å²) in [6, 6.07) is 18.2. The van der Waals surface area contributed by atoms with Crippen molar-refractivity contribution in [3.63, 3.8) is 0 Å². The first kappa shape index (κ1) is 26.1. The Balaban J connectivity index is 1.47. The summed E-state index contributed by atoms with van der Waals surface area (Å²) >= 11 is 7.05. The minimum Gasteiger partial charge on any atom is -0.326 e. The van der Waals surface area contributed by atoms with Gasteiger partial charge in [-0.1, -0.05) is 71.5 Å². The van der Waals surface area contributed by atoms with E-state index in [1.54, 1.807) is 48.5 Å². The lowest BCUT2D eigenvalue weighted by Crippen LogP contribution is -2.46. The summed E-state index contributed by atoms with van der Waals surface area (Å²) in [4.78, 5) is 25.7. The molecule has 4 rings (SSSR count). The maximum Gasteiger partial charge on any atom is 0.416 e. The van der Waals surface area contributed by atoms with Crippen LogP contribution in [0.4, 0.5) is 28.8 Å². The average molecular weight is 546 g/mol. The number of amides is 3. The molecule has 0 saturated carbocycles. The third kappa shape index (κ3) is 7.28. The van der Waals surface area contributed by atoms with Gasteiger partial charge in [0.1, 0.15) is 11.0 Å². The van der Waals surface area contributed by atoms with Gasteiger partial charge in [-0.05, 0) is 35.9 Å². The van der Waals surface area contributed by atoms with E-state index >= 15 is 0 Å². The van der Waals surface area contributed by atoms with Gasteiger partial charge in [-0.15, -0.1) is 10.2 Å². The maximum absolute atomic E-state index is 13.1. The van der Waals surface area contributed by atoms with Crippen molar-refractivity contribution in [2.45, 2.75) is 18.6 Å². The lowest BCUT2D eigenvalue weighted by atomic mass is 10.1. The summed E-state index contributed by atoms with van der Waals surface area (Å²) in [5.74, 6) is -0.568. The first-order valence-corrected chi connectivity index (χ1v) is 12.1. The van der Waals surface area contributed by atoms with Gasteiger partial charge in [-0.3, -0.25) is 10.1 Å². The molecule has 12 heteroatoms. The molecule has 1 heterocycles. The highest BCUT2D eigenvalue weighted by atomic mass is 35.5. The van der Waals surface area contributed by atoms with E-state index in [4.69, 9.17) is 11.6 Å². The summed E-state index contributed by atoms with van der Waals surface area (Å²) < 4.78 is 39.0. The number of urea groups is 1. The predicted octanol–water partition coefficient (Wildman–Crippen LogP) is 6.25. The van der Waals surface area contributed by atoms with E-state index in [0.717, 1.165) is 34.6 Å². The molecular weight excluding hydrogens is 527 g/mol. The van der Waals surface area contributed by atoms with E-state index in [2.05, 4.69) is 26.1 Å². The molecule has 4 aromatic rings. The highest BCUT2D eigenvalue weighted by Gasteiger charge is 2.30.